The van der Waals surface area contributed by atoms with Crippen LogP contribution in [0.5, 0.6) is 5.75 Å². The first-order chi connectivity index (χ1) is 20.6. The van der Waals surface area contributed by atoms with Crippen LogP contribution in [-0.4, -0.2) is 98.7 Å². The molecular formula is C28H36N2O14. The zero-order valence-corrected chi connectivity index (χ0v) is 25.3. The van der Waals surface area contributed by atoms with Gasteiger partial charge < -0.3 is 43.8 Å². The van der Waals surface area contributed by atoms with E-state index in [-0.39, 0.29) is 30.0 Å². The van der Waals surface area contributed by atoms with Crippen LogP contribution >= 0.6 is 0 Å². The molecule has 2 N–H and O–H groups in total. The Balaban J connectivity index is 2.42. The van der Waals surface area contributed by atoms with Crippen LogP contribution in [0.25, 0.3) is 0 Å². The maximum atomic E-state index is 13.1. The average Bonchev–Trinajstić information content (AvgIpc) is 2.91. The highest BCUT2D eigenvalue weighted by Crippen LogP contribution is 2.32. The molecule has 1 unspecified atom stereocenters. The van der Waals surface area contributed by atoms with E-state index in [0.717, 1.165) is 27.9 Å². The summed E-state index contributed by atoms with van der Waals surface area (Å²) < 4.78 is 37.4. The van der Waals surface area contributed by atoms with Crippen molar-refractivity contribution in [2.75, 3.05) is 20.2 Å². The van der Waals surface area contributed by atoms with Gasteiger partial charge in [0.25, 0.3) is 5.91 Å². The third-order valence-electron chi connectivity index (χ3n) is 5.54. The Morgan fingerprint density at radius 2 is 1.43 bits per heavy atom. The predicted molar refractivity (Wildman–Crippen MR) is 146 cm³/mol. The Bertz CT molecular complexity index is 1260. The highest BCUT2D eigenvalue weighted by Gasteiger charge is 2.56. The number of methoxy groups -OCH3 is 1. The molecule has 1 aliphatic rings. The van der Waals surface area contributed by atoms with Gasteiger partial charge in [-0.05, 0) is 39.0 Å². The van der Waals surface area contributed by atoms with Crippen molar-refractivity contribution in [2.45, 2.75) is 77.8 Å². The number of ether oxygens (including phenoxy) is 7. The Morgan fingerprint density at radius 1 is 0.864 bits per heavy atom. The Morgan fingerprint density at radius 3 is 1.98 bits per heavy atom. The summed E-state index contributed by atoms with van der Waals surface area (Å²) in [5.41, 5.74) is -0.812. The average molecular weight is 625 g/mol. The van der Waals surface area contributed by atoms with E-state index < -0.39 is 72.2 Å². The molecule has 242 valence electrons. The van der Waals surface area contributed by atoms with Crippen LogP contribution in [0.3, 0.4) is 0 Å². The van der Waals surface area contributed by atoms with E-state index in [9.17, 15) is 33.6 Å². The monoisotopic (exact) mass is 624 g/mol. The number of alkyl carbamates (subject to hydrolysis) is 1. The standard InChI is InChI=1S/C28H36N2O14/c1-14(32)39-20-21(40-15(2)33)23(41-16(3)34)26(43-22(20)25(36)38-7)42-19-9-8-17(13-31)12-18(19)24(35)29-10-11-30-27(37)44-28(4,5)6/h8-9,12-13,20-23,26H,10-11H2,1-7H3,(H,29,35)(H,30,37)/t20-,21-,22-,23+,26?/m0/s1. The third kappa shape index (κ3) is 10.5. The second-order valence-corrected chi connectivity index (χ2v) is 10.3. The highest BCUT2D eigenvalue weighted by atomic mass is 16.7. The molecule has 1 aromatic rings. The smallest absolute Gasteiger partial charge is 0.407 e. The number of hydrogen-bond donors (Lipinski definition) is 2. The van der Waals surface area contributed by atoms with Gasteiger partial charge in [0.1, 0.15) is 17.6 Å². The van der Waals surface area contributed by atoms with Gasteiger partial charge >= 0.3 is 30.0 Å². The van der Waals surface area contributed by atoms with Crippen molar-refractivity contribution in [1.82, 2.24) is 10.6 Å². The summed E-state index contributed by atoms with van der Waals surface area (Å²) in [6.07, 6.45) is -8.53. The van der Waals surface area contributed by atoms with E-state index in [1.807, 2.05) is 0 Å². The first kappa shape index (κ1) is 35.5. The van der Waals surface area contributed by atoms with Crippen molar-refractivity contribution in [3.05, 3.63) is 29.3 Å². The molecular weight excluding hydrogens is 588 g/mol. The number of aldehydes is 1. The number of amides is 2. The normalized spacial score (nSPS) is 21.1. The zero-order valence-electron chi connectivity index (χ0n) is 25.3. The summed E-state index contributed by atoms with van der Waals surface area (Å²) in [4.78, 5) is 85.1. The van der Waals surface area contributed by atoms with Gasteiger partial charge in [0.05, 0.1) is 12.7 Å². The van der Waals surface area contributed by atoms with E-state index >= 15 is 0 Å². The molecule has 0 aliphatic carbocycles. The van der Waals surface area contributed by atoms with E-state index in [0.29, 0.717) is 6.29 Å². The van der Waals surface area contributed by atoms with Gasteiger partial charge in [0.2, 0.25) is 12.4 Å². The summed E-state index contributed by atoms with van der Waals surface area (Å²) in [6.45, 7) is 8.12. The number of esters is 4. The van der Waals surface area contributed by atoms with Crippen molar-refractivity contribution in [3.8, 4) is 5.75 Å². The lowest BCUT2D eigenvalue weighted by molar-refractivity contribution is -0.282. The molecule has 2 amide bonds. The van der Waals surface area contributed by atoms with Crippen LogP contribution in [0.1, 0.15) is 62.3 Å². The fraction of sp³-hybridized carbons (Fsp3) is 0.536. The summed E-state index contributed by atoms with van der Waals surface area (Å²) in [7, 11) is 1.03. The van der Waals surface area contributed by atoms with Crippen molar-refractivity contribution < 1.29 is 66.7 Å². The van der Waals surface area contributed by atoms with Crippen LogP contribution in [0, 0.1) is 0 Å². The minimum atomic E-state index is -1.73. The van der Waals surface area contributed by atoms with E-state index in [4.69, 9.17) is 33.2 Å². The number of carbonyl (C=O) groups excluding carboxylic acids is 7. The maximum Gasteiger partial charge on any atom is 0.407 e. The second kappa shape index (κ2) is 15.7. The number of rotatable bonds is 11. The first-order valence-electron chi connectivity index (χ1n) is 13.3. The molecule has 2 rings (SSSR count). The Hall–Kier alpha value is -4.73. The predicted octanol–water partition coefficient (Wildman–Crippen LogP) is 0.825. The van der Waals surface area contributed by atoms with Gasteiger partial charge in [-0.15, -0.1) is 0 Å². The minimum Gasteiger partial charge on any atom is -0.467 e. The summed E-state index contributed by atoms with van der Waals surface area (Å²) >= 11 is 0. The molecule has 16 nitrogen and oxygen atoms in total. The van der Waals surface area contributed by atoms with E-state index in [2.05, 4.69) is 10.6 Å². The van der Waals surface area contributed by atoms with Crippen LogP contribution in [0.4, 0.5) is 4.79 Å². The molecule has 5 atom stereocenters. The lowest BCUT2D eigenvalue weighted by atomic mass is 9.97. The molecule has 1 saturated heterocycles. The summed E-state index contributed by atoms with van der Waals surface area (Å²) in [6, 6.07) is 3.76. The Labute approximate surface area is 252 Å². The van der Waals surface area contributed by atoms with Crippen molar-refractivity contribution >= 4 is 42.2 Å². The second-order valence-electron chi connectivity index (χ2n) is 10.3. The van der Waals surface area contributed by atoms with Crippen molar-refractivity contribution in [2.24, 2.45) is 0 Å². The van der Waals surface area contributed by atoms with Gasteiger partial charge in [-0.3, -0.25) is 24.0 Å². The zero-order chi connectivity index (χ0) is 33.2. The maximum absolute atomic E-state index is 13.1. The van der Waals surface area contributed by atoms with Gasteiger partial charge in [-0.2, -0.15) is 0 Å². The fourth-order valence-electron chi connectivity index (χ4n) is 3.95. The van der Waals surface area contributed by atoms with Crippen LogP contribution < -0.4 is 15.4 Å². The molecule has 1 heterocycles. The van der Waals surface area contributed by atoms with Crippen LogP contribution in [0.15, 0.2) is 18.2 Å². The quantitative estimate of drug-likeness (QED) is 0.151. The van der Waals surface area contributed by atoms with Gasteiger partial charge in [-0.25, -0.2) is 9.59 Å². The molecule has 1 aromatic carbocycles. The van der Waals surface area contributed by atoms with Crippen molar-refractivity contribution in [3.63, 3.8) is 0 Å². The molecule has 0 aromatic heterocycles. The van der Waals surface area contributed by atoms with Crippen LogP contribution in [0.2, 0.25) is 0 Å². The molecule has 1 fully saturated rings. The molecule has 16 heteroatoms. The molecule has 44 heavy (non-hydrogen) atoms. The van der Waals surface area contributed by atoms with Crippen LogP contribution in [-0.2, 0) is 47.6 Å². The molecule has 0 saturated carbocycles. The summed E-state index contributed by atoms with van der Waals surface area (Å²) in [5, 5.41) is 5.04. The van der Waals surface area contributed by atoms with Gasteiger partial charge in [0.15, 0.2) is 18.3 Å². The lowest BCUT2D eigenvalue weighted by Gasteiger charge is -2.43. The third-order valence-corrected chi connectivity index (χ3v) is 5.54. The molecule has 0 radical (unpaired) electrons. The minimum absolute atomic E-state index is 0.00706. The highest BCUT2D eigenvalue weighted by molar-refractivity contribution is 5.98. The van der Waals surface area contributed by atoms with Gasteiger partial charge in [-0.1, -0.05) is 0 Å². The van der Waals surface area contributed by atoms with Crippen molar-refractivity contribution in [1.29, 1.82) is 0 Å². The number of nitrogens with one attached hydrogen (secondary N) is 2. The number of benzene rings is 1. The largest absolute Gasteiger partial charge is 0.467 e. The first-order valence-corrected chi connectivity index (χ1v) is 13.3. The number of hydrogen-bond acceptors (Lipinski definition) is 14. The Kier molecular flexibility index (Phi) is 12.6. The van der Waals surface area contributed by atoms with E-state index in [1.54, 1.807) is 20.8 Å². The number of carbonyl (C=O) groups is 7. The fourth-order valence-corrected chi connectivity index (χ4v) is 3.95. The SMILES string of the molecule is COC(=O)[C@H]1OC(Oc2ccc(C=O)cc2C(=O)NCCNC(=O)OC(C)(C)C)[C@H](OC(C)=O)[C@@H](OC(C)=O)[C@@H]1OC(C)=O. The van der Waals surface area contributed by atoms with Gasteiger partial charge in [0, 0.05) is 39.4 Å². The summed E-state index contributed by atoms with van der Waals surface area (Å²) in [5.74, 6) is -4.64. The molecule has 0 spiro atoms. The molecule has 1 aliphatic heterocycles. The van der Waals surface area contributed by atoms with E-state index in [1.165, 1.54) is 18.2 Å². The lowest BCUT2D eigenvalue weighted by Crippen LogP contribution is -2.64. The topological polar surface area (TPSA) is 208 Å². The molecule has 0 bridgehead atoms.